The van der Waals surface area contributed by atoms with Crippen molar-refractivity contribution >= 4 is 0 Å². The van der Waals surface area contributed by atoms with E-state index in [1.807, 2.05) is 19.1 Å². The number of hydrogen-bond donors (Lipinski definition) is 0. The van der Waals surface area contributed by atoms with Crippen molar-refractivity contribution in [2.24, 2.45) is 0 Å². The number of ether oxygens (including phenoxy) is 1. The molecule has 0 amide bonds. The first-order valence-corrected chi connectivity index (χ1v) is 3.74. The second kappa shape index (κ2) is 4.54. The molecule has 0 aliphatic heterocycles. The van der Waals surface area contributed by atoms with Crippen molar-refractivity contribution in [3.05, 3.63) is 42.2 Å². The second-order valence-electron chi connectivity index (χ2n) is 2.23. The third-order valence-corrected chi connectivity index (χ3v) is 1.34. The summed E-state index contributed by atoms with van der Waals surface area (Å²) in [6, 6.07) is 7.19. The molecular formula is C10H10FO. The monoisotopic (exact) mass is 165 g/mol. The summed E-state index contributed by atoms with van der Waals surface area (Å²) in [5.74, 6) is -0.197. The highest BCUT2D eigenvalue weighted by atomic mass is 19.1. The molecule has 1 rings (SSSR count). The molecule has 0 bridgehead atoms. The zero-order chi connectivity index (χ0) is 8.81. The average Bonchev–Trinajstić information content (AvgIpc) is 2.09. The Hall–Kier alpha value is -1.31. The fourth-order valence-corrected chi connectivity index (χ4v) is 0.747. The molecule has 0 spiro atoms. The summed E-state index contributed by atoms with van der Waals surface area (Å²) in [4.78, 5) is 0. The molecule has 2 heteroatoms. The van der Waals surface area contributed by atoms with Gasteiger partial charge < -0.3 is 4.74 Å². The van der Waals surface area contributed by atoms with Gasteiger partial charge in [0.1, 0.15) is 6.61 Å². The highest BCUT2D eigenvalue weighted by Crippen LogP contribution is 2.14. The van der Waals surface area contributed by atoms with Crippen LogP contribution in [0.2, 0.25) is 0 Å². The van der Waals surface area contributed by atoms with Gasteiger partial charge in [0.15, 0.2) is 11.6 Å². The molecular weight excluding hydrogens is 155 g/mol. The topological polar surface area (TPSA) is 9.23 Å². The van der Waals surface area contributed by atoms with Gasteiger partial charge in [0.05, 0.1) is 0 Å². The van der Waals surface area contributed by atoms with E-state index >= 15 is 0 Å². The molecule has 1 radical (unpaired) electrons. The van der Waals surface area contributed by atoms with Crippen LogP contribution in [0.5, 0.6) is 5.75 Å². The van der Waals surface area contributed by atoms with Gasteiger partial charge in [-0.05, 0) is 13.0 Å². The largest absolute Gasteiger partial charge is 0.486 e. The van der Waals surface area contributed by atoms with Gasteiger partial charge in [0, 0.05) is 6.07 Å². The van der Waals surface area contributed by atoms with Gasteiger partial charge in [-0.1, -0.05) is 24.3 Å². The van der Waals surface area contributed by atoms with Crippen LogP contribution in [0.25, 0.3) is 0 Å². The molecule has 12 heavy (non-hydrogen) atoms. The van der Waals surface area contributed by atoms with Crippen molar-refractivity contribution in [2.75, 3.05) is 6.61 Å². The molecule has 1 nitrogen and oxygen atoms in total. The highest BCUT2D eigenvalue weighted by Gasteiger charge is 1.98. The lowest BCUT2D eigenvalue weighted by Gasteiger charge is -2.02. The predicted molar refractivity (Wildman–Crippen MR) is 45.5 cm³/mol. The maximum atomic E-state index is 12.8. The van der Waals surface area contributed by atoms with Gasteiger partial charge in [-0.15, -0.1) is 0 Å². The van der Waals surface area contributed by atoms with Crippen molar-refractivity contribution < 1.29 is 9.13 Å². The lowest BCUT2D eigenvalue weighted by atomic mass is 10.3. The minimum atomic E-state index is -0.443. The third kappa shape index (κ3) is 2.38. The number of allylic oxidation sites excluding steroid dienone is 1. The highest BCUT2D eigenvalue weighted by molar-refractivity contribution is 5.22. The van der Waals surface area contributed by atoms with Crippen molar-refractivity contribution in [2.45, 2.75) is 6.92 Å². The quantitative estimate of drug-likeness (QED) is 0.625. The van der Waals surface area contributed by atoms with E-state index in [0.29, 0.717) is 6.61 Å². The Labute approximate surface area is 71.5 Å². The van der Waals surface area contributed by atoms with E-state index in [0.717, 1.165) is 0 Å². The molecule has 1 aromatic rings. The molecule has 1 aromatic carbocycles. The van der Waals surface area contributed by atoms with Crippen LogP contribution in [-0.4, -0.2) is 6.61 Å². The van der Waals surface area contributed by atoms with E-state index < -0.39 is 5.82 Å². The molecule has 0 N–H and O–H groups in total. The Morgan fingerprint density at radius 1 is 1.67 bits per heavy atom. The zero-order valence-electron chi connectivity index (χ0n) is 6.88. The molecule has 0 heterocycles. The van der Waals surface area contributed by atoms with Crippen LogP contribution in [0.4, 0.5) is 4.39 Å². The Bertz CT molecular complexity index is 268. The number of hydrogen-bond acceptors (Lipinski definition) is 1. The molecule has 63 valence electrons. The molecule has 0 aliphatic carbocycles. The van der Waals surface area contributed by atoms with Gasteiger partial charge in [-0.25, -0.2) is 4.39 Å². The summed E-state index contributed by atoms with van der Waals surface area (Å²) in [6.07, 6.45) is 3.66. The Balaban J connectivity index is 2.57. The maximum absolute atomic E-state index is 12.8. The van der Waals surface area contributed by atoms with E-state index in [4.69, 9.17) is 4.74 Å². The van der Waals surface area contributed by atoms with Crippen molar-refractivity contribution in [3.63, 3.8) is 0 Å². The van der Waals surface area contributed by atoms with Crippen molar-refractivity contribution in [1.82, 2.24) is 0 Å². The average molecular weight is 165 g/mol. The Morgan fingerprint density at radius 2 is 2.50 bits per heavy atom. The predicted octanol–water partition coefficient (Wildman–Crippen LogP) is 2.58. The molecule has 0 aliphatic rings. The van der Waals surface area contributed by atoms with Crippen LogP contribution in [0, 0.1) is 11.9 Å². The second-order valence-corrected chi connectivity index (χ2v) is 2.23. The first-order valence-electron chi connectivity index (χ1n) is 3.74. The van der Waals surface area contributed by atoms with Gasteiger partial charge in [0.25, 0.3) is 0 Å². The van der Waals surface area contributed by atoms with E-state index in [9.17, 15) is 4.39 Å². The number of rotatable bonds is 3. The summed E-state index contributed by atoms with van der Waals surface area (Å²) in [7, 11) is 0. The lowest BCUT2D eigenvalue weighted by molar-refractivity contribution is 0.341. The van der Waals surface area contributed by atoms with E-state index in [2.05, 4.69) is 6.07 Å². The number of halogens is 1. The molecule has 0 saturated carbocycles. The lowest BCUT2D eigenvalue weighted by Crippen LogP contribution is -1.95. The minimum Gasteiger partial charge on any atom is -0.486 e. The SMILES string of the molecule is C/C=C/COc1ccc[c]c1F. The fourth-order valence-electron chi connectivity index (χ4n) is 0.747. The third-order valence-electron chi connectivity index (χ3n) is 1.34. The standard InChI is InChI=1S/C10H10FO/c1-2-3-8-12-10-7-5-4-6-9(10)11/h2-5,7H,8H2,1H3/b3-2+. The zero-order valence-corrected chi connectivity index (χ0v) is 6.88. The Morgan fingerprint density at radius 3 is 3.17 bits per heavy atom. The van der Waals surface area contributed by atoms with Crippen LogP contribution in [-0.2, 0) is 0 Å². The Kier molecular flexibility index (Phi) is 3.33. The number of benzene rings is 1. The normalized spacial score (nSPS) is 10.5. The van der Waals surface area contributed by atoms with Crippen molar-refractivity contribution in [1.29, 1.82) is 0 Å². The van der Waals surface area contributed by atoms with Gasteiger partial charge in [-0.3, -0.25) is 0 Å². The molecule has 0 unspecified atom stereocenters. The van der Waals surface area contributed by atoms with Gasteiger partial charge >= 0.3 is 0 Å². The summed E-state index contributed by atoms with van der Waals surface area (Å²) in [5, 5.41) is 0. The van der Waals surface area contributed by atoms with E-state index in [-0.39, 0.29) is 5.75 Å². The van der Waals surface area contributed by atoms with Crippen molar-refractivity contribution in [3.8, 4) is 5.75 Å². The molecule has 0 aromatic heterocycles. The van der Waals surface area contributed by atoms with E-state index in [1.165, 1.54) is 6.07 Å². The fraction of sp³-hybridized carbons (Fsp3) is 0.200. The van der Waals surface area contributed by atoms with Gasteiger partial charge in [0.2, 0.25) is 0 Å². The van der Waals surface area contributed by atoms with Crippen LogP contribution in [0.3, 0.4) is 0 Å². The molecule has 0 atom stereocenters. The summed E-state index contributed by atoms with van der Waals surface area (Å²) in [5.41, 5.74) is 0. The summed E-state index contributed by atoms with van der Waals surface area (Å²) < 4.78 is 17.9. The first kappa shape index (κ1) is 8.78. The van der Waals surface area contributed by atoms with E-state index in [1.54, 1.807) is 12.1 Å². The van der Waals surface area contributed by atoms with Crippen LogP contribution in [0.15, 0.2) is 30.4 Å². The summed E-state index contributed by atoms with van der Waals surface area (Å²) in [6.45, 7) is 2.28. The minimum absolute atomic E-state index is 0.246. The molecule has 0 saturated heterocycles. The van der Waals surface area contributed by atoms with Crippen LogP contribution >= 0.6 is 0 Å². The molecule has 0 fully saturated rings. The maximum Gasteiger partial charge on any atom is 0.172 e. The first-order chi connectivity index (χ1) is 5.84. The van der Waals surface area contributed by atoms with Gasteiger partial charge in [-0.2, -0.15) is 0 Å². The summed E-state index contributed by atoms with van der Waals surface area (Å²) >= 11 is 0. The smallest absolute Gasteiger partial charge is 0.172 e. The van der Waals surface area contributed by atoms with Crippen LogP contribution in [0.1, 0.15) is 6.92 Å². The van der Waals surface area contributed by atoms with Crippen LogP contribution < -0.4 is 4.74 Å².